The highest BCUT2D eigenvalue weighted by molar-refractivity contribution is 4.90. The molecular formula is C15H30N2. The first-order valence-corrected chi connectivity index (χ1v) is 7.20. The normalized spacial score (nSPS) is 17.6. The Labute approximate surface area is 107 Å². The molecule has 0 fully saturated rings. The van der Waals surface area contributed by atoms with Crippen LogP contribution in [-0.4, -0.2) is 36.6 Å². The second kappa shape index (κ2) is 7.88. The monoisotopic (exact) mass is 238 g/mol. The molecule has 100 valence electrons. The van der Waals surface area contributed by atoms with Gasteiger partial charge in [0.25, 0.3) is 0 Å². The van der Waals surface area contributed by atoms with Crippen LogP contribution in [-0.2, 0) is 0 Å². The van der Waals surface area contributed by atoms with Crippen molar-refractivity contribution < 1.29 is 0 Å². The third-order valence-electron chi connectivity index (χ3n) is 3.20. The van der Waals surface area contributed by atoms with Gasteiger partial charge in [0.05, 0.1) is 0 Å². The zero-order valence-electron chi connectivity index (χ0n) is 12.0. The summed E-state index contributed by atoms with van der Waals surface area (Å²) >= 11 is 0. The summed E-state index contributed by atoms with van der Waals surface area (Å²) in [7, 11) is 0. The van der Waals surface area contributed by atoms with E-state index in [-0.39, 0.29) is 5.54 Å². The van der Waals surface area contributed by atoms with Gasteiger partial charge < -0.3 is 5.32 Å². The van der Waals surface area contributed by atoms with Gasteiger partial charge >= 0.3 is 0 Å². The van der Waals surface area contributed by atoms with Crippen molar-refractivity contribution in [3.05, 3.63) is 12.2 Å². The van der Waals surface area contributed by atoms with Gasteiger partial charge in [0, 0.05) is 18.6 Å². The lowest BCUT2D eigenvalue weighted by molar-refractivity contribution is 0.290. The molecule has 17 heavy (non-hydrogen) atoms. The minimum atomic E-state index is 0.278. The average Bonchev–Trinajstić information content (AvgIpc) is 2.28. The van der Waals surface area contributed by atoms with Crippen LogP contribution in [0, 0.1) is 0 Å². The van der Waals surface area contributed by atoms with E-state index in [1.54, 1.807) is 0 Å². The van der Waals surface area contributed by atoms with Crippen LogP contribution in [0.5, 0.6) is 0 Å². The van der Waals surface area contributed by atoms with Crippen LogP contribution in [0.1, 0.15) is 52.9 Å². The Morgan fingerprint density at radius 1 is 1.06 bits per heavy atom. The zero-order valence-corrected chi connectivity index (χ0v) is 12.0. The highest BCUT2D eigenvalue weighted by Gasteiger charge is 2.07. The highest BCUT2D eigenvalue weighted by atomic mass is 15.1. The van der Waals surface area contributed by atoms with E-state index < -0.39 is 0 Å². The minimum absolute atomic E-state index is 0.278. The SMILES string of the molecule is CC(C)(C)NCCCCCCN1CC=CCC1. The maximum absolute atomic E-state index is 3.54. The fourth-order valence-corrected chi connectivity index (χ4v) is 2.17. The van der Waals surface area contributed by atoms with Crippen LogP contribution >= 0.6 is 0 Å². The van der Waals surface area contributed by atoms with Crippen molar-refractivity contribution in [2.45, 2.75) is 58.4 Å². The molecule has 2 nitrogen and oxygen atoms in total. The van der Waals surface area contributed by atoms with Crippen molar-refractivity contribution >= 4 is 0 Å². The molecule has 1 heterocycles. The van der Waals surface area contributed by atoms with Gasteiger partial charge in [-0.15, -0.1) is 0 Å². The van der Waals surface area contributed by atoms with E-state index in [2.05, 4.69) is 43.1 Å². The number of unbranched alkanes of at least 4 members (excludes halogenated alkanes) is 3. The molecule has 0 atom stereocenters. The summed E-state index contributed by atoms with van der Waals surface area (Å²) in [6.07, 6.45) is 11.3. The summed E-state index contributed by atoms with van der Waals surface area (Å²) < 4.78 is 0. The maximum Gasteiger partial charge on any atom is 0.0163 e. The summed E-state index contributed by atoms with van der Waals surface area (Å²) in [5.41, 5.74) is 0.278. The lowest BCUT2D eigenvalue weighted by Crippen LogP contribution is -2.36. The lowest BCUT2D eigenvalue weighted by atomic mass is 10.1. The van der Waals surface area contributed by atoms with E-state index >= 15 is 0 Å². The van der Waals surface area contributed by atoms with Crippen molar-refractivity contribution in [3.63, 3.8) is 0 Å². The molecule has 1 rings (SSSR count). The Morgan fingerprint density at radius 3 is 2.47 bits per heavy atom. The van der Waals surface area contributed by atoms with Gasteiger partial charge in [-0.3, -0.25) is 4.90 Å². The van der Waals surface area contributed by atoms with Crippen molar-refractivity contribution in [2.75, 3.05) is 26.2 Å². The van der Waals surface area contributed by atoms with Crippen LogP contribution in [0.4, 0.5) is 0 Å². The van der Waals surface area contributed by atoms with Crippen molar-refractivity contribution in [1.29, 1.82) is 0 Å². The van der Waals surface area contributed by atoms with Crippen LogP contribution < -0.4 is 5.32 Å². The molecule has 0 aromatic carbocycles. The van der Waals surface area contributed by atoms with Gasteiger partial charge in [-0.2, -0.15) is 0 Å². The first-order valence-electron chi connectivity index (χ1n) is 7.20. The van der Waals surface area contributed by atoms with Gasteiger partial charge in [0.2, 0.25) is 0 Å². The fraction of sp³-hybridized carbons (Fsp3) is 0.867. The molecule has 1 N–H and O–H groups in total. The van der Waals surface area contributed by atoms with Gasteiger partial charge in [-0.1, -0.05) is 25.0 Å². The molecular weight excluding hydrogens is 208 g/mol. The van der Waals surface area contributed by atoms with Gasteiger partial charge in [-0.05, 0) is 53.1 Å². The molecule has 0 saturated carbocycles. The minimum Gasteiger partial charge on any atom is -0.312 e. The Kier molecular flexibility index (Phi) is 6.83. The van der Waals surface area contributed by atoms with Crippen molar-refractivity contribution in [3.8, 4) is 0 Å². The quantitative estimate of drug-likeness (QED) is 0.541. The zero-order chi connectivity index (χ0) is 12.6. The third kappa shape index (κ3) is 8.39. The second-order valence-corrected chi connectivity index (χ2v) is 6.15. The molecule has 0 aliphatic carbocycles. The molecule has 0 unspecified atom stereocenters. The number of rotatable bonds is 7. The molecule has 1 aliphatic rings. The van der Waals surface area contributed by atoms with Gasteiger partial charge in [0.1, 0.15) is 0 Å². The molecule has 0 amide bonds. The van der Waals surface area contributed by atoms with Gasteiger partial charge in [-0.25, -0.2) is 0 Å². The van der Waals surface area contributed by atoms with Crippen LogP contribution in [0.25, 0.3) is 0 Å². The number of hydrogen-bond donors (Lipinski definition) is 1. The number of nitrogens with one attached hydrogen (secondary N) is 1. The van der Waals surface area contributed by atoms with E-state index in [1.165, 1.54) is 51.7 Å². The molecule has 1 aliphatic heterocycles. The lowest BCUT2D eigenvalue weighted by Gasteiger charge is -2.23. The van der Waals surface area contributed by atoms with Gasteiger partial charge in [0.15, 0.2) is 0 Å². The molecule has 2 heteroatoms. The van der Waals surface area contributed by atoms with E-state index in [0.717, 1.165) is 6.54 Å². The molecule has 0 radical (unpaired) electrons. The highest BCUT2D eigenvalue weighted by Crippen LogP contribution is 2.06. The van der Waals surface area contributed by atoms with Crippen LogP contribution in [0.2, 0.25) is 0 Å². The van der Waals surface area contributed by atoms with E-state index in [1.807, 2.05) is 0 Å². The Hall–Kier alpha value is -0.340. The van der Waals surface area contributed by atoms with Crippen molar-refractivity contribution in [1.82, 2.24) is 10.2 Å². The van der Waals surface area contributed by atoms with E-state index in [0.29, 0.717) is 0 Å². The fourth-order valence-electron chi connectivity index (χ4n) is 2.17. The number of nitrogens with zero attached hydrogens (tertiary/aromatic N) is 1. The molecule has 0 aromatic rings. The van der Waals surface area contributed by atoms with Crippen LogP contribution in [0.15, 0.2) is 12.2 Å². The largest absolute Gasteiger partial charge is 0.312 e. The summed E-state index contributed by atoms with van der Waals surface area (Å²) in [5.74, 6) is 0. The summed E-state index contributed by atoms with van der Waals surface area (Å²) in [4.78, 5) is 2.56. The predicted molar refractivity (Wildman–Crippen MR) is 76.4 cm³/mol. The average molecular weight is 238 g/mol. The molecule has 0 spiro atoms. The third-order valence-corrected chi connectivity index (χ3v) is 3.20. The Bertz CT molecular complexity index is 215. The standard InChI is InChI=1S/C15H30N2/c1-15(2,3)16-11-7-4-5-8-12-17-13-9-6-10-14-17/h6,9,16H,4-5,7-8,10-14H2,1-3H3. The molecule has 0 saturated heterocycles. The Balaban J connectivity index is 1.86. The molecule has 0 aromatic heterocycles. The first kappa shape index (κ1) is 14.7. The predicted octanol–water partition coefficient (Wildman–Crippen LogP) is 3.20. The number of hydrogen-bond acceptors (Lipinski definition) is 2. The summed E-state index contributed by atoms with van der Waals surface area (Å²) in [6, 6.07) is 0. The summed E-state index contributed by atoms with van der Waals surface area (Å²) in [5, 5.41) is 3.54. The van der Waals surface area contributed by atoms with Crippen molar-refractivity contribution in [2.24, 2.45) is 0 Å². The van der Waals surface area contributed by atoms with Crippen LogP contribution in [0.3, 0.4) is 0 Å². The van der Waals surface area contributed by atoms with E-state index in [9.17, 15) is 0 Å². The first-order chi connectivity index (χ1) is 8.08. The second-order valence-electron chi connectivity index (χ2n) is 6.15. The maximum atomic E-state index is 3.54. The topological polar surface area (TPSA) is 15.3 Å². The summed E-state index contributed by atoms with van der Waals surface area (Å²) in [6.45, 7) is 11.6. The molecule has 0 bridgehead atoms. The van der Waals surface area contributed by atoms with E-state index in [4.69, 9.17) is 0 Å². The smallest absolute Gasteiger partial charge is 0.0163 e. The Morgan fingerprint density at radius 2 is 1.82 bits per heavy atom.